The lowest BCUT2D eigenvalue weighted by atomic mass is 9.96. The standard InChI is InChI=1S/C15H19F3N6O/c1-9-10(2)22-14-20-8-21-24(14)12(9)19-7-11-3-5-23(6-4-11)13(25)15(16,17)18/h8,11,19H,3-7H2,1-2H3. The van der Waals surface area contributed by atoms with E-state index in [1.165, 1.54) is 6.33 Å². The van der Waals surface area contributed by atoms with E-state index in [4.69, 9.17) is 0 Å². The van der Waals surface area contributed by atoms with Crippen LogP contribution >= 0.6 is 0 Å². The van der Waals surface area contributed by atoms with Gasteiger partial charge in [0, 0.05) is 30.9 Å². The summed E-state index contributed by atoms with van der Waals surface area (Å²) in [6, 6.07) is 0. The lowest BCUT2D eigenvalue weighted by molar-refractivity contribution is -0.186. The van der Waals surface area contributed by atoms with Crippen LogP contribution in [0.3, 0.4) is 0 Å². The first-order valence-electron chi connectivity index (χ1n) is 8.04. The number of aryl methyl sites for hydroxylation is 1. The molecule has 1 N–H and O–H groups in total. The zero-order valence-electron chi connectivity index (χ0n) is 14.0. The Kier molecular flexibility index (Phi) is 4.53. The lowest BCUT2D eigenvalue weighted by Crippen LogP contribution is -2.46. The van der Waals surface area contributed by atoms with E-state index < -0.39 is 12.1 Å². The van der Waals surface area contributed by atoms with E-state index in [1.54, 1.807) is 4.52 Å². The molecular weight excluding hydrogens is 337 g/mol. The fraction of sp³-hybridized carbons (Fsp3) is 0.600. The molecule has 3 heterocycles. The second kappa shape index (κ2) is 6.49. The predicted octanol–water partition coefficient (Wildman–Crippen LogP) is 1.95. The Morgan fingerprint density at radius 1 is 1.32 bits per heavy atom. The fourth-order valence-electron chi connectivity index (χ4n) is 3.00. The molecule has 1 aliphatic heterocycles. The largest absolute Gasteiger partial charge is 0.471 e. The van der Waals surface area contributed by atoms with Crippen LogP contribution in [0.4, 0.5) is 19.0 Å². The first kappa shape index (κ1) is 17.4. The van der Waals surface area contributed by atoms with Gasteiger partial charge in [-0.3, -0.25) is 4.79 Å². The molecule has 1 amide bonds. The number of carbonyl (C=O) groups is 1. The molecule has 0 unspecified atom stereocenters. The second-order valence-electron chi connectivity index (χ2n) is 6.26. The molecule has 136 valence electrons. The molecule has 2 aromatic heterocycles. The number of hydrogen-bond donors (Lipinski definition) is 1. The van der Waals surface area contributed by atoms with E-state index >= 15 is 0 Å². The molecule has 25 heavy (non-hydrogen) atoms. The van der Waals surface area contributed by atoms with Crippen LogP contribution in [0, 0.1) is 19.8 Å². The van der Waals surface area contributed by atoms with Gasteiger partial charge in [-0.15, -0.1) is 0 Å². The van der Waals surface area contributed by atoms with Crippen molar-refractivity contribution >= 4 is 17.5 Å². The third-order valence-electron chi connectivity index (χ3n) is 4.61. The topological polar surface area (TPSA) is 75.4 Å². The molecule has 0 aromatic carbocycles. The van der Waals surface area contributed by atoms with E-state index in [-0.39, 0.29) is 19.0 Å². The van der Waals surface area contributed by atoms with Crippen LogP contribution in [0.2, 0.25) is 0 Å². The maximum Gasteiger partial charge on any atom is 0.471 e. The number of anilines is 1. The highest BCUT2D eigenvalue weighted by Crippen LogP contribution is 2.25. The minimum absolute atomic E-state index is 0.123. The molecule has 0 radical (unpaired) electrons. The van der Waals surface area contributed by atoms with Gasteiger partial charge in [-0.1, -0.05) is 0 Å². The molecule has 0 saturated carbocycles. The summed E-state index contributed by atoms with van der Waals surface area (Å²) >= 11 is 0. The molecule has 3 rings (SSSR count). The quantitative estimate of drug-likeness (QED) is 0.910. The monoisotopic (exact) mass is 356 g/mol. The number of rotatable bonds is 3. The van der Waals surface area contributed by atoms with Crippen molar-refractivity contribution < 1.29 is 18.0 Å². The van der Waals surface area contributed by atoms with Crippen molar-refractivity contribution in [3.63, 3.8) is 0 Å². The van der Waals surface area contributed by atoms with Gasteiger partial charge in [0.1, 0.15) is 12.1 Å². The first-order chi connectivity index (χ1) is 11.8. The summed E-state index contributed by atoms with van der Waals surface area (Å²) in [5.74, 6) is -0.280. The molecular formula is C15H19F3N6O. The Bertz CT molecular complexity index is 779. The van der Waals surface area contributed by atoms with Crippen molar-refractivity contribution in [1.82, 2.24) is 24.5 Å². The van der Waals surface area contributed by atoms with E-state index in [1.807, 2.05) is 13.8 Å². The molecule has 10 heteroatoms. The maximum absolute atomic E-state index is 12.5. The molecule has 0 spiro atoms. The van der Waals surface area contributed by atoms with Gasteiger partial charge in [0.05, 0.1) is 0 Å². The molecule has 7 nitrogen and oxygen atoms in total. The average Bonchev–Trinajstić information content (AvgIpc) is 3.02. The summed E-state index contributed by atoms with van der Waals surface area (Å²) in [5, 5.41) is 7.47. The normalized spacial score (nSPS) is 16.4. The zero-order valence-corrected chi connectivity index (χ0v) is 14.0. The highest BCUT2D eigenvalue weighted by Gasteiger charge is 2.43. The highest BCUT2D eigenvalue weighted by molar-refractivity contribution is 5.81. The SMILES string of the molecule is Cc1nc2ncnn2c(NCC2CCN(C(=O)C(F)(F)F)CC2)c1C. The number of carbonyl (C=O) groups excluding carboxylic acids is 1. The van der Waals surface area contributed by atoms with Gasteiger partial charge >= 0.3 is 12.1 Å². The van der Waals surface area contributed by atoms with Gasteiger partial charge in [0.2, 0.25) is 0 Å². The zero-order chi connectivity index (χ0) is 18.2. The Hall–Kier alpha value is -2.39. The number of aromatic nitrogens is 4. The van der Waals surface area contributed by atoms with Gasteiger partial charge in [-0.05, 0) is 32.6 Å². The molecule has 0 atom stereocenters. The summed E-state index contributed by atoms with van der Waals surface area (Å²) in [6.45, 7) is 4.65. The van der Waals surface area contributed by atoms with Crippen LogP contribution in [-0.4, -0.2) is 56.2 Å². The number of hydrogen-bond acceptors (Lipinski definition) is 5. The van der Waals surface area contributed by atoms with Crippen LogP contribution in [0.15, 0.2) is 6.33 Å². The number of piperidine rings is 1. The number of likely N-dealkylation sites (tertiary alicyclic amines) is 1. The van der Waals surface area contributed by atoms with Crippen LogP contribution in [0.25, 0.3) is 5.78 Å². The second-order valence-corrected chi connectivity index (χ2v) is 6.26. The van der Waals surface area contributed by atoms with E-state index in [0.29, 0.717) is 25.2 Å². The van der Waals surface area contributed by atoms with Crippen LogP contribution in [0.1, 0.15) is 24.1 Å². The van der Waals surface area contributed by atoms with Crippen LogP contribution in [0.5, 0.6) is 0 Å². The van der Waals surface area contributed by atoms with Gasteiger partial charge in [0.25, 0.3) is 5.78 Å². The molecule has 1 saturated heterocycles. The van der Waals surface area contributed by atoms with E-state index in [9.17, 15) is 18.0 Å². The Balaban J connectivity index is 1.62. The van der Waals surface area contributed by atoms with Gasteiger partial charge < -0.3 is 10.2 Å². The van der Waals surface area contributed by atoms with Crippen molar-refractivity contribution in [2.75, 3.05) is 25.0 Å². The minimum Gasteiger partial charge on any atom is -0.369 e. The lowest BCUT2D eigenvalue weighted by Gasteiger charge is -2.32. The number of amides is 1. The molecule has 1 aliphatic rings. The summed E-state index contributed by atoms with van der Waals surface area (Å²) in [5.41, 5.74) is 1.79. The van der Waals surface area contributed by atoms with Crippen molar-refractivity contribution in [2.24, 2.45) is 5.92 Å². The summed E-state index contributed by atoms with van der Waals surface area (Å²) in [6.07, 6.45) is -2.32. The van der Waals surface area contributed by atoms with Crippen LogP contribution in [-0.2, 0) is 4.79 Å². The van der Waals surface area contributed by atoms with E-state index in [2.05, 4.69) is 20.4 Å². The third kappa shape index (κ3) is 3.52. The Morgan fingerprint density at radius 2 is 2.00 bits per heavy atom. The number of fused-ring (bicyclic) bond motifs is 1. The summed E-state index contributed by atoms with van der Waals surface area (Å²) in [4.78, 5) is 20.6. The maximum atomic E-state index is 12.5. The smallest absolute Gasteiger partial charge is 0.369 e. The fourth-order valence-corrected chi connectivity index (χ4v) is 3.00. The van der Waals surface area contributed by atoms with Crippen molar-refractivity contribution in [3.05, 3.63) is 17.6 Å². The Morgan fingerprint density at radius 3 is 2.64 bits per heavy atom. The number of alkyl halides is 3. The van der Waals surface area contributed by atoms with Crippen LogP contribution < -0.4 is 5.32 Å². The average molecular weight is 356 g/mol. The highest BCUT2D eigenvalue weighted by atomic mass is 19.4. The van der Waals surface area contributed by atoms with Crippen molar-refractivity contribution in [1.29, 1.82) is 0 Å². The first-order valence-corrected chi connectivity index (χ1v) is 8.04. The Labute approximate surface area is 142 Å². The molecule has 0 aliphatic carbocycles. The van der Waals surface area contributed by atoms with Crippen molar-refractivity contribution in [2.45, 2.75) is 32.9 Å². The molecule has 1 fully saturated rings. The van der Waals surface area contributed by atoms with Gasteiger partial charge in [0.15, 0.2) is 0 Å². The number of halogens is 3. The number of nitrogens with one attached hydrogen (secondary N) is 1. The van der Waals surface area contributed by atoms with Crippen molar-refractivity contribution in [3.8, 4) is 0 Å². The molecule has 2 aromatic rings. The number of nitrogens with zero attached hydrogens (tertiary/aromatic N) is 5. The third-order valence-corrected chi connectivity index (χ3v) is 4.61. The van der Waals surface area contributed by atoms with E-state index in [0.717, 1.165) is 22.0 Å². The minimum atomic E-state index is -4.80. The summed E-state index contributed by atoms with van der Waals surface area (Å²) < 4.78 is 39.0. The van der Waals surface area contributed by atoms with Gasteiger partial charge in [-0.25, -0.2) is 4.98 Å². The molecule has 0 bridgehead atoms. The summed E-state index contributed by atoms with van der Waals surface area (Å²) in [7, 11) is 0. The predicted molar refractivity (Wildman–Crippen MR) is 84.1 cm³/mol. The van der Waals surface area contributed by atoms with Gasteiger partial charge in [-0.2, -0.15) is 27.8 Å².